The van der Waals surface area contributed by atoms with Gasteiger partial charge in [-0.1, -0.05) is 36.4 Å². The van der Waals surface area contributed by atoms with Crippen molar-refractivity contribution in [2.45, 2.75) is 64.3 Å². The summed E-state index contributed by atoms with van der Waals surface area (Å²) in [6.07, 6.45) is 3.22. The van der Waals surface area contributed by atoms with Crippen LogP contribution in [0.4, 0.5) is 4.79 Å². The Kier molecular flexibility index (Phi) is 6.23. The van der Waals surface area contributed by atoms with Gasteiger partial charge in [-0.15, -0.1) is 6.58 Å². The number of esters is 1. The van der Waals surface area contributed by atoms with E-state index >= 15 is 0 Å². The fourth-order valence-electron chi connectivity index (χ4n) is 2.95. The van der Waals surface area contributed by atoms with Crippen LogP contribution in [0.3, 0.4) is 0 Å². The van der Waals surface area contributed by atoms with Gasteiger partial charge >= 0.3 is 12.1 Å². The lowest BCUT2D eigenvalue weighted by Gasteiger charge is -2.31. The zero-order valence-electron chi connectivity index (χ0n) is 15.2. The molecule has 0 saturated carbocycles. The second-order valence-corrected chi connectivity index (χ2v) is 7.25. The summed E-state index contributed by atoms with van der Waals surface area (Å²) in [5.74, 6) is -0.388. The van der Waals surface area contributed by atoms with Gasteiger partial charge < -0.3 is 9.47 Å². The predicted molar refractivity (Wildman–Crippen MR) is 95.9 cm³/mol. The van der Waals surface area contributed by atoms with Gasteiger partial charge in [0.15, 0.2) is 0 Å². The predicted octanol–water partition coefficient (Wildman–Crippen LogP) is 4.07. The number of hydrogen-bond acceptors (Lipinski definition) is 4. The van der Waals surface area contributed by atoms with Crippen molar-refractivity contribution in [3.8, 4) is 0 Å². The van der Waals surface area contributed by atoms with Crippen molar-refractivity contribution in [3.05, 3.63) is 48.6 Å². The Labute approximate surface area is 149 Å². The summed E-state index contributed by atoms with van der Waals surface area (Å²) in [4.78, 5) is 26.7. The van der Waals surface area contributed by atoms with Crippen LogP contribution in [0.15, 0.2) is 43.0 Å². The van der Waals surface area contributed by atoms with E-state index in [1.54, 1.807) is 6.08 Å². The number of amides is 1. The van der Waals surface area contributed by atoms with E-state index in [4.69, 9.17) is 9.47 Å². The van der Waals surface area contributed by atoms with E-state index in [9.17, 15) is 9.59 Å². The highest BCUT2D eigenvalue weighted by atomic mass is 16.6. The molecule has 1 aliphatic rings. The first-order valence-corrected chi connectivity index (χ1v) is 8.64. The number of hydrogen-bond donors (Lipinski definition) is 0. The van der Waals surface area contributed by atoms with Crippen molar-refractivity contribution in [2.75, 3.05) is 0 Å². The minimum atomic E-state index is -0.614. The van der Waals surface area contributed by atoms with Crippen LogP contribution < -0.4 is 0 Å². The average Bonchev–Trinajstić information content (AvgIpc) is 2.96. The second-order valence-electron chi connectivity index (χ2n) is 7.25. The van der Waals surface area contributed by atoms with E-state index < -0.39 is 17.7 Å². The maximum atomic E-state index is 12.6. The van der Waals surface area contributed by atoms with E-state index in [2.05, 4.69) is 6.58 Å². The third-order valence-corrected chi connectivity index (χ3v) is 4.04. The third-order valence-electron chi connectivity index (χ3n) is 4.04. The smallest absolute Gasteiger partial charge is 0.411 e. The lowest BCUT2D eigenvalue weighted by Crippen LogP contribution is -2.47. The van der Waals surface area contributed by atoms with Crippen molar-refractivity contribution in [1.29, 1.82) is 0 Å². The Morgan fingerprint density at radius 2 is 1.92 bits per heavy atom. The van der Waals surface area contributed by atoms with Crippen molar-refractivity contribution >= 4 is 12.1 Å². The first-order chi connectivity index (χ1) is 11.8. The maximum absolute atomic E-state index is 12.6. The van der Waals surface area contributed by atoms with Crippen LogP contribution in [0.2, 0.25) is 0 Å². The Balaban J connectivity index is 2.06. The molecular weight excluding hydrogens is 318 g/mol. The van der Waals surface area contributed by atoms with Crippen LogP contribution in [0.25, 0.3) is 0 Å². The molecule has 5 nitrogen and oxygen atoms in total. The zero-order chi connectivity index (χ0) is 18.4. The lowest BCUT2D eigenvalue weighted by molar-refractivity contribution is -0.150. The van der Waals surface area contributed by atoms with Crippen LogP contribution in [0.1, 0.15) is 45.6 Å². The van der Waals surface area contributed by atoms with Gasteiger partial charge in [-0.25, -0.2) is 9.59 Å². The van der Waals surface area contributed by atoms with Gasteiger partial charge in [0.05, 0.1) is 0 Å². The summed E-state index contributed by atoms with van der Waals surface area (Å²) in [5, 5.41) is 0. The molecule has 0 bridgehead atoms. The largest absolute Gasteiger partial charge is 0.459 e. The highest BCUT2D eigenvalue weighted by molar-refractivity contribution is 5.82. The fraction of sp³-hybridized carbons (Fsp3) is 0.500. The van der Waals surface area contributed by atoms with Crippen LogP contribution in [-0.2, 0) is 20.9 Å². The summed E-state index contributed by atoms with van der Waals surface area (Å²) in [6, 6.07) is 8.80. The van der Waals surface area contributed by atoms with Crippen LogP contribution in [-0.4, -0.2) is 34.6 Å². The molecule has 5 heteroatoms. The standard InChI is InChI=1S/C20H27NO4/c1-5-9-16-12-13-17(21(16)19(23)25-20(2,3)4)18(22)24-14-15-10-7-6-8-11-15/h5-8,10-11,16-17H,1,9,12-14H2,2-4H3/t16-,17-/m0/s1. The van der Waals surface area contributed by atoms with E-state index in [1.807, 2.05) is 51.1 Å². The minimum Gasteiger partial charge on any atom is -0.459 e. The van der Waals surface area contributed by atoms with E-state index in [0.717, 1.165) is 12.0 Å². The van der Waals surface area contributed by atoms with Crippen LogP contribution >= 0.6 is 0 Å². The summed E-state index contributed by atoms with van der Waals surface area (Å²) in [6.45, 7) is 9.38. The first-order valence-electron chi connectivity index (χ1n) is 8.64. The Hall–Kier alpha value is -2.30. The van der Waals surface area contributed by atoms with E-state index in [-0.39, 0.29) is 18.6 Å². The van der Waals surface area contributed by atoms with Gasteiger partial charge in [-0.2, -0.15) is 0 Å². The molecule has 1 aliphatic heterocycles. The summed E-state index contributed by atoms with van der Waals surface area (Å²) < 4.78 is 10.9. The molecule has 1 amide bonds. The number of nitrogens with zero attached hydrogens (tertiary/aromatic N) is 1. The highest BCUT2D eigenvalue weighted by Crippen LogP contribution is 2.29. The van der Waals surface area contributed by atoms with Crippen LogP contribution in [0, 0.1) is 0 Å². The molecular formula is C20H27NO4. The molecule has 0 spiro atoms. The number of ether oxygens (including phenoxy) is 2. The van der Waals surface area contributed by atoms with Gasteiger partial charge in [0.1, 0.15) is 18.2 Å². The van der Waals surface area contributed by atoms with Gasteiger partial charge in [-0.05, 0) is 45.6 Å². The van der Waals surface area contributed by atoms with E-state index in [0.29, 0.717) is 12.8 Å². The first kappa shape index (κ1) is 19.0. The van der Waals surface area contributed by atoms with Crippen molar-refractivity contribution in [2.24, 2.45) is 0 Å². The van der Waals surface area contributed by atoms with Gasteiger partial charge in [0.25, 0.3) is 0 Å². The average molecular weight is 345 g/mol. The molecule has 0 N–H and O–H groups in total. The topological polar surface area (TPSA) is 55.8 Å². The normalized spacial score (nSPS) is 20.2. The third kappa shape index (κ3) is 5.34. The van der Waals surface area contributed by atoms with E-state index in [1.165, 1.54) is 4.90 Å². The molecule has 1 heterocycles. The Morgan fingerprint density at radius 3 is 2.52 bits per heavy atom. The molecule has 0 unspecified atom stereocenters. The van der Waals surface area contributed by atoms with Gasteiger partial charge in [-0.3, -0.25) is 4.90 Å². The highest BCUT2D eigenvalue weighted by Gasteiger charge is 2.43. The maximum Gasteiger partial charge on any atom is 0.411 e. The fourth-order valence-corrected chi connectivity index (χ4v) is 2.95. The number of benzene rings is 1. The lowest BCUT2D eigenvalue weighted by atomic mass is 10.1. The molecule has 0 aromatic heterocycles. The quantitative estimate of drug-likeness (QED) is 0.596. The van der Waals surface area contributed by atoms with Crippen molar-refractivity contribution < 1.29 is 19.1 Å². The molecule has 1 aromatic rings. The monoisotopic (exact) mass is 345 g/mol. The molecule has 1 fully saturated rings. The molecule has 136 valence electrons. The number of likely N-dealkylation sites (tertiary alicyclic amines) is 1. The van der Waals surface area contributed by atoms with Gasteiger partial charge in [0.2, 0.25) is 0 Å². The van der Waals surface area contributed by atoms with Crippen LogP contribution in [0.5, 0.6) is 0 Å². The molecule has 25 heavy (non-hydrogen) atoms. The molecule has 1 saturated heterocycles. The number of carbonyl (C=O) groups excluding carboxylic acids is 2. The minimum absolute atomic E-state index is 0.0818. The summed E-state index contributed by atoms with van der Waals surface area (Å²) in [5.41, 5.74) is 0.303. The SMILES string of the molecule is C=CC[C@H]1CC[C@@H](C(=O)OCc2ccccc2)N1C(=O)OC(C)(C)C. The molecule has 2 rings (SSSR count). The summed E-state index contributed by atoms with van der Waals surface area (Å²) >= 11 is 0. The molecule has 1 aromatic carbocycles. The molecule has 0 radical (unpaired) electrons. The number of rotatable bonds is 5. The van der Waals surface area contributed by atoms with Crippen molar-refractivity contribution in [3.63, 3.8) is 0 Å². The zero-order valence-corrected chi connectivity index (χ0v) is 15.2. The summed E-state index contributed by atoms with van der Waals surface area (Å²) in [7, 11) is 0. The number of carbonyl (C=O) groups is 2. The molecule has 0 aliphatic carbocycles. The van der Waals surface area contributed by atoms with Gasteiger partial charge in [0, 0.05) is 6.04 Å². The second kappa shape index (κ2) is 8.19. The van der Waals surface area contributed by atoms with Crippen molar-refractivity contribution in [1.82, 2.24) is 4.90 Å². The molecule has 2 atom stereocenters. The Morgan fingerprint density at radius 1 is 1.24 bits per heavy atom. The Bertz CT molecular complexity index is 606.